The van der Waals surface area contributed by atoms with Gasteiger partial charge >= 0.3 is 0 Å². The Hall–Kier alpha value is -1.28. The second kappa shape index (κ2) is 7.53. The van der Waals surface area contributed by atoms with Gasteiger partial charge in [-0.3, -0.25) is 9.36 Å². The number of ether oxygens (including phenoxy) is 1. The van der Waals surface area contributed by atoms with Crippen molar-refractivity contribution in [1.29, 1.82) is 0 Å². The molecule has 3 fully saturated rings. The minimum Gasteiger partial charge on any atom is -0.375 e. The second-order valence-corrected chi connectivity index (χ2v) is 8.18. The van der Waals surface area contributed by atoms with Crippen LogP contribution >= 0.6 is 11.8 Å². The molecular weight excluding hydrogens is 338 g/mol. The molecule has 0 aromatic carbocycles. The number of carbonyl (C=O) groups excluding carboxylic acids is 1. The van der Waals surface area contributed by atoms with E-state index in [1.165, 1.54) is 43.9 Å². The van der Waals surface area contributed by atoms with Gasteiger partial charge in [-0.1, -0.05) is 11.8 Å². The SMILES string of the molecule is CC1CN(C(=O)CSc2nnc(N3CCCCC3)n2C2CC2)CCO1. The molecule has 3 heterocycles. The third-order valence-electron chi connectivity index (χ3n) is 5.12. The van der Waals surface area contributed by atoms with Gasteiger partial charge in [-0.05, 0) is 39.0 Å². The number of hydrogen-bond acceptors (Lipinski definition) is 6. The van der Waals surface area contributed by atoms with Crippen LogP contribution in [-0.2, 0) is 9.53 Å². The molecule has 0 N–H and O–H groups in total. The molecule has 1 saturated carbocycles. The van der Waals surface area contributed by atoms with E-state index in [1.54, 1.807) is 0 Å². The van der Waals surface area contributed by atoms with Crippen molar-refractivity contribution in [2.75, 3.05) is 43.4 Å². The summed E-state index contributed by atoms with van der Waals surface area (Å²) >= 11 is 1.53. The lowest BCUT2D eigenvalue weighted by molar-refractivity contribution is -0.135. The van der Waals surface area contributed by atoms with Gasteiger partial charge in [-0.25, -0.2) is 0 Å². The Morgan fingerprint density at radius 3 is 2.72 bits per heavy atom. The zero-order chi connectivity index (χ0) is 17.2. The third-order valence-corrected chi connectivity index (χ3v) is 6.04. The minimum absolute atomic E-state index is 0.128. The number of thioether (sulfide) groups is 1. The molecule has 1 atom stereocenters. The average Bonchev–Trinajstić information content (AvgIpc) is 3.39. The van der Waals surface area contributed by atoms with Crippen LogP contribution in [0, 0.1) is 0 Å². The average molecular weight is 366 g/mol. The Morgan fingerprint density at radius 1 is 1.20 bits per heavy atom. The molecule has 1 amide bonds. The van der Waals surface area contributed by atoms with E-state index in [4.69, 9.17) is 4.74 Å². The molecule has 138 valence electrons. The molecule has 3 aliphatic rings. The standard InChI is InChI=1S/C17H27N5O2S/c1-13-11-21(9-10-24-13)15(23)12-25-17-19-18-16(22(17)14-5-6-14)20-7-3-2-4-8-20/h13-14H,2-12H2,1H3. The number of morpholine rings is 1. The van der Waals surface area contributed by atoms with Gasteiger partial charge < -0.3 is 14.5 Å². The van der Waals surface area contributed by atoms with Gasteiger partial charge in [0.05, 0.1) is 18.5 Å². The number of aromatic nitrogens is 3. The Kier molecular flexibility index (Phi) is 5.17. The number of hydrogen-bond donors (Lipinski definition) is 0. The van der Waals surface area contributed by atoms with Gasteiger partial charge in [0.15, 0.2) is 5.16 Å². The van der Waals surface area contributed by atoms with Crippen LogP contribution in [0.15, 0.2) is 5.16 Å². The van der Waals surface area contributed by atoms with Crippen LogP contribution in [0.25, 0.3) is 0 Å². The Bertz CT molecular complexity index is 612. The van der Waals surface area contributed by atoms with E-state index in [-0.39, 0.29) is 12.0 Å². The predicted octanol–water partition coefficient (Wildman–Crippen LogP) is 1.94. The summed E-state index contributed by atoms with van der Waals surface area (Å²) in [6.45, 7) is 6.17. The second-order valence-electron chi connectivity index (χ2n) is 7.24. The number of carbonyl (C=O) groups is 1. The summed E-state index contributed by atoms with van der Waals surface area (Å²) in [6, 6.07) is 0.521. The molecule has 0 bridgehead atoms. The van der Waals surface area contributed by atoms with E-state index in [2.05, 4.69) is 19.7 Å². The Balaban J connectivity index is 1.42. The predicted molar refractivity (Wildman–Crippen MR) is 97.1 cm³/mol. The highest BCUT2D eigenvalue weighted by Gasteiger charge is 2.32. The molecule has 1 unspecified atom stereocenters. The fourth-order valence-corrected chi connectivity index (χ4v) is 4.50. The molecule has 0 radical (unpaired) electrons. The van der Waals surface area contributed by atoms with Crippen LogP contribution in [0.1, 0.15) is 45.1 Å². The summed E-state index contributed by atoms with van der Waals surface area (Å²) in [4.78, 5) is 16.8. The van der Waals surface area contributed by atoms with Crippen LogP contribution in [-0.4, -0.2) is 70.2 Å². The number of rotatable bonds is 5. The zero-order valence-electron chi connectivity index (χ0n) is 14.9. The molecule has 7 nitrogen and oxygen atoms in total. The monoisotopic (exact) mass is 365 g/mol. The van der Waals surface area contributed by atoms with Gasteiger partial charge in [0.25, 0.3) is 0 Å². The number of amides is 1. The Labute approximate surface area is 153 Å². The molecular formula is C17H27N5O2S. The molecule has 1 aromatic heterocycles. The molecule has 2 aliphatic heterocycles. The van der Waals surface area contributed by atoms with E-state index in [1.807, 2.05) is 11.8 Å². The first-order valence-electron chi connectivity index (χ1n) is 9.44. The highest BCUT2D eigenvalue weighted by atomic mass is 32.2. The van der Waals surface area contributed by atoms with Crippen LogP contribution in [0.2, 0.25) is 0 Å². The molecule has 4 rings (SSSR count). The van der Waals surface area contributed by atoms with Crippen molar-refractivity contribution in [3.8, 4) is 0 Å². The molecule has 8 heteroatoms. The highest BCUT2D eigenvalue weighted by molar-refractivity contribution is 7.99. The van der Waals surface area contributed by atoms with Gasteiger partial charge in [-0.2, -0.15) is 0 Å². The highest BCUT2D eigenvalue weighted by Crippen LogP contribution is 2.41. The maximum absolute atomic E-state index is 12.5. The maximum Gasteiger partial charge on any atom is 0.233 e. The van der Waals surface area contributed by atoms with Crippen molar-refractivity contribution in [2.45, 2.75) is 56.3 Å². The fraction of sp³-hybridized carbons (Fsp3) is 0.824. The van der Waals surface area contributed by atoms with Crippen molar-refractivity contribution in [3.05, 3.63) is 0 Å². The topological polar surface area (TPSA) is 63.5 Å². The molecule has 25 heavy (non-hydrogen) atoms. The quantitative estimate of drug-likeness (QED) is 0.743. The number of anilines is 1. The summed E-state index contributed by atoms with van der Waals surface area (Å²) in [7, 11) is 0. The summed E-state index contributed by atoms with van der Waals surface area (Å²) < 4.78 is 7.80. The largest absolute Gasteiger partial charge is 0.375 e. The van der Waals surface area contributed by atoms with E-state index in [9.17, 15) is 4.79 Å². The van der Waals surface area contributed by atoms with Gasteiger partial charge in [0, 0.05) is 32.2 Å². The summed E-state index contributed by atoms with van der Waals surface area (Å²) in [6.07, 6.45) is 6.29. The van der Waals surface area contributed by atoms with Crippen LogP contribution in [0.3, 0.4) is 0 Å². The first-order chi connectivity index (χ1) is 12.2. The smallest absolute Gasteiger partial charge is 0.233 e. The molecule has 2 saturated heterocycles. The van der Waals surface area contributed by atoms with E-state index < -0.39 is 0 Å². The van der Waals surface area contributed by atoms with E-state index in [0.29, 0.717) is 31.5 Å². The van der Waals surface area contributed by atoms with Crippen molar-refractivity contribution in [3.63, 3.8) is 0 Å². The number of nitrogens with zero attached hydrogens (tertiary/aromatic N) is 5. The maximum atomic E-state index is 12.5. The van der Waals surface area contributed by atoms with Crippen LogP contribution in [0.4, 0.5) is 5.95 Å². The van der Waals surface area contributed by atoms with Crippen LogP contribution in [0.5, 0.6) is 0 Å². The Morgan fingerprint density at radius 2 is 2.00 bits per heavy atom. The van der Waals surface area contributed by atoms with Gasteiger partial charge in [0.2, 0.25) is 11.9 Å². The summed E-state index contributed by atoms with van der Waals surface area (Å²) in [5, 5.41) is 9.80. The molecule has 0 spiro atoms. The number of piperidine rings is 1. The van der Waals surface area contributed by atoms with Crippen molar-refractivity contribution < 1.29 is 9.53 Å². The summed E-state index contributed by atoms with van der Waals surface area (Å²) in [5.74, 6) is 1.61. The van der Waals surface area contributed by atoms with Crippen molar-refractivity contribution >= 4 is 23.6 Å². The lowest BCUT2D eigenvalue weighted by atomic mass is 10.1. The zero-order valence-corrected chi connectivity index (χ0v) is 15.7. The first kappa shape index (κ1) is 17.1. The lowest BCUT2D eigenvalue weighted by Gasteiger charge is -2.31. The summed E-state index contributed by atoms with van der Waals surface area (Å²) in [5.41, 5.74) is 0. The molecule has 1 aromatic rings. The molecule has 1 aliphatic carbocycles. The lowest BCUT2D eigenvalue weighted by Crippen LogP contribution is -2.45. The van der Waals surface area contributed by atoms with E-state index in [0.717, 1.165) is 24.2 Å². The van der Waals surface area contributed by atoms with Gasteiger partial charge in [0.1, 0.15) is 0 Å². The van der Waals surface area contributed by atoms with Crippen LogP contribution < -0.4 is 4.90 Å². The fourth-order valence-electron chi connectivity index (χ4n) is 3.59. The van der Waals surface area contributed by atoms with Crippen molar-refractivity contribution in [2.24, 2.45) is 0 Å². The normalized spacial score (nSPS) is 24.6. The van der Waals surface area contributed by atoms with Gasteiger partial charge in [-0.15, -0.1) is 10.2 Å². The minimum atomic E-state index is 0.128. The third kappa shape index (κ3) is 3.95. The van der Waals surface area contributed by atoms with E-state index >= 15 is 0 Å². The first-order valence-corrected chi connectivity index (χ1v) is 10.4. The van der Waals surface area contributed by atoms with Crippen molar-refractivity contribution in [1.82, 2.24) is 19.7 Å².